The van der Waals surface area contributed by atoms with Crippen LogP contribution >= 0.6 is 0 Å². The first-order valence-electron chi connectivity index (χ1n) is 11.1. The molecule has 2 aromatic heterocycles. The van der Waals surface area contributed by atoms with Crippen molar-refractivity contribution in [3.63, 3.8) is 0 Å². The Bertz CT molecular complexity index is 1070. The number of nitrogens with one attached hydrogen (secondary N) is 2. The van der Waals surface area contributed by atoms with Gasteiger partial charge in [0.15, 0.2) is 5.65 Å². The molecule has 0 spiro atoms. The number of ether oxygens (including phenoxy) is 1. The van der Waals surface area contributed by atoms with Crippen molar-refractivity contribution in [2.45, 2.75) is 56.7 Å². The molecule has 1 saturated heterocycles. The first-order valence-corrected chi connectivity index (χ1v) is 11.1. The van der Waals surface area contributed by atoms with Gasteiger partial charge in [-0.2, -0.15) is 4.98 Å². The Morgan fingerprint density at radius 2 is 1.72 bits per heavy atom. The minimum absolute atomic E-state index is 0.00781. The van der Waals surface area contributed by atoms with E-state index in [0.717, 1.165) is 12.8 Å². The van der Waals surface area contributed by atoms with Crippen LogP contribution in [-0.4, -0.2) is 50.0 Å². The zero-order valence-corrected chi connectivity index (χ0v) is 17.6. The number of imidazole rings is 1. The van der Waals surface area contributed by atoms with Crippen LogP contribution in [0.2, 0.25) is 0 Å². The van der Waals surface area contributed by atoms with Gasteiger partial charge in [0.25, 0.3) is 0 Å². The summed E-state index contributed by atoms with van der Waals surface area (Å²) in [6.07, 6.45) is 5.78. The highest BCUT2D eigenvalue weighted by Crippen LogP contribution is 2.35. The van der Waals surface area contributed by atoms with Crippen LogP contribution in [-0.2, 0) is 4.74 Å². The van der Waals surface area contributed by atoms with Crippen LogP contribution in [0.4, 0.5) is 26.4 Å². The summed E-state index contributed by atoms with van der Waals surface area (Å²) < 4.78 is 35.9. The summed E-state index contributed by atoms with van der Waals surface area (Å²) in [6, 6.07) is 3.94. The van der Waals surface area contributed by atoms with Crippen LogP contribution in [0.25, 0.3) is 11.2 Å². The number of hydrogen-bond acceptors (Lipinski definition) is 7. The molecule has 0 unspecified atom stereocenters. The molecule has 1 aliphatic carbocycles. The number of anilines is 3. The second-order valence-electron chi connectivity index (χ2n) is 8.42. The molecule has 5 rings (SSSR count). The van der Waals surface area contributed by atoms with Gasteiger partial charge in [-0.15, -0.1) is 0 Å². The van der Waals surface area contributed by atoms with Crippen molar-refractivity contribution in [2.75, 3.05) is 23.8 Å². The number of fused-ring (bicyclic) bond motifs is 1. The molecule has 170 valence electrons. The van der Waals surface area contributed by atoms with Crippen molar-refractivity contribution in [2.24, 2.45) is 0 Å². The lowest BCUT2D eigenvalue weighted by atomic mass is 9.93. The van der Waals surface area contributed by atoms with Gasteiger partial charge in [-0.1, -0.05) is 6.07 Å². The minimum atomic E-state index is -0.698. The Balaban J connectivity index is 1.53. The molecular weight excluding hydrogens is 418 g/mol. The highest BCUT2D eigenvalue weighted by molar-refractivity contribution is 5.76. The molecule has 2 fully saturated rings. The van der Waals surface area contributed by atoms with E-state index in [1.54, 1.807) is 6.20 Å². The predicted molar refractivity (Wildman–Crippen MR) is 116 cm³/mol. The number of aromatic nitrogens is 4. The van der Waals surface area contributed by atoms with Gasteiger partial charge in [0.2, 0.25) is 11.9 Å². The van der Waals surface area contributed by atoms with Gasteiger partial charge in [0.1, 0.15) is 22.8 Å². The maximum Gasteiger partial charge on any atom is 0.224 e. The molecule has 1 aromatic carbocycles. The Morgan fingerprint density at radius 1 is 1.00 bits per heavy atom. The molecule has 3 heterocycles. The third-order valence-corrected chi connectivity index (χ3v) is 6.22. The lowest BCUT2D eigenvalue weighted by Crippen LogP contribution is -2.28. The fourth-order valence-electron chi connectivity index (χ4n) is 4.46. The summed E-state index contributed by atoms with van der Waals surface area (Å²) in [5.74, 6) is -0.598. The number of aliphatic hydroxyl groups is 1. The lowest BCUT2D eigenvalue weighted by molar-refractivity contribution is 0.0903. The maximum atomic E-state index is 14.3. The van der Waals surface area contributed by atoms with Crippen LogP contribution in [0, 0.1) is 11.6 Å². The van der Waals surface area contributed by atoms with Crippen LogP contribution in [0.15, 0.2) is 24.4 Å². The largest absolute Gasteiger partial charge is 0.393 e. The molecule has 8 nitrogen and oxygen atoms in total. The SMILES string of the molecule is OC1CCC(n2c(Nc3c(F)cccc3F)nc3cnc(NC4CCOCC4)nc32)CC1. The van der Waals surface area contributed by atoms with E-state index >= 15 is 0 Å². The van der Waals surface area contributed by atoms with E-state index in [4.69, 9.17) is 9.72 Å². The smallest absolute Gasteiger partial charge is 0.224 e. The maximum absolute atomic E-state index is 14.3. The Kier molecular flexibility index (Phi) is 5.88. The minimum Gasteiger partial charge on any atom is -0.393 e. The van der Waals surface area contributed by atoms with E-state index in [0.29, 0.717) is 62.0 Å². The van der Waals surface area contributed by atoms with Gasteiger partial charge in [0.05, 0.1) is 12.3 Å². The highest BCUT2D eigenvalue weighted by Gasteiger charge is 2.27. The monoisotopic (exact) mass is 444 g/mol. The number of para-hydroxylation sites is 1. The van der Waals surface area contributed by atoms with Crippen molar-refractivity contribution in [3.05, 3.63) is 36.0 Å². The number of rotatable bonds is 5. The normalized spacial score (nSPS) is 22.2. The van der Waals surface area contributed by atoms with Crippen LogP contribution in [0.5, 0.6) is 0 Å². The molecule has 0 atom stereocenters. The molecule has 1 saturated carbocycles. The molecular formula is C22H26F2N6O2. The summed E-state index contributed by atoms with van der Waals surface area (Å²) >= 11 is 0. The van der Waals surface area contributed by atoms with E-state index in [9.17, 15) is 13.9 Å². The second-order valence-corrected chi connectivity index (χ2v) is 8.42. The molecule has 2 aliphatic rings. The molecule has 32 heavy (non-hydrogen) atoms. The zero-order valence-electron chi connectivity index (χ0n) is 17.6. The first kappa shape index (κ1) is 21.0. The number of hydrogen-bond donors (Lipinski definition) is 3. The Hall–Kier alpha value is -2.85. The third-order valence-electron chi connectivity index (χ3n) is 6.22. The zero-order chi connectivity index (χ0) is 22.1. The highest BCUT2D eigenvalue weighted by atomic mass is 19.1. The Morgan fingerprint density at radius 3 is 2.44 bits per heavy atom. The standard InChI is InChI=1S/C22H26F2N6O2/c23-16-2-1-3-17(24)19(16)28-22-27-18-12-25-21(26-13-8-10-32-11-9-13)29-20(18)30(22)14-4-6-15(31)7-5-14/h1-3,12-15,31H,4-11H2,(H,27,28)(H,25,26,29). The fraction of sp³-hybridized carbons (Fsp3) is 0.500. The number of halogens is 2. The van der Waals surface area contributed by atoms with Gasteiger partial charge < -0.3 is 20.5 Å². The molecule has 0 radical (unpaired) electrons. The predicted octanol–water partition coefficient (Wildman–Crippen LogP) is 3.92. The van der Waals surface area contributed by atoms with E-state index in [-0.39, 0.29) is 23.9 Å². The van der Waals surface area contributed by atoms with Crippen molar-refractivity contribution in [1.29, 1.82) is 0 Å². The fourth-order valence-corrected chi connectivity index (χ4v) is 4.46. The molecule has 0 amide bonds. The van der Waals surface area contributed by atoms with Crippen molar-refractivity contribution in [1.82, 2.24) is 19.5 Å². The number of benzene rings is 1. The van der Waals surface area contributed by atoms with Crippen LogP contribution in [0.3, 0.4) is 0 Å². The summed E-state index contributed by atoms with van der Waals surface area (Å²) in [5, 5.41) is 16.2. The van der Waals surface area contributed by atoms with Crippen molar-refractivity contribution < 1.29 is 18.6 Å². The van der Waals surface area contributed by atoms with Crippen LogP contribution in [0.1, 0.15) is 44.6 Å². The van der Waals surface area contributed by atoms with Gasteiger partial charge in [-0.3, -0.25) is 4.57 Å². The number of aliphatic hydroxyl groups excluding tert-OH is 1. The summed E-state index contributed by atoms with van der Waals surface area (Å²) in [4.78, 5) is 13.7. The van der Waals surface area contributed by atoms with Crippen molar-refractivity contribution >= 4 is 28.7 Å². The van der Waals surface area contributed by atoms with Crippen LogP contribution < -0.4 is 10.6 Å². The van der Waals surface area contributed by atoms with Crippen molar-refractivity contribution in [3.8, 4) is 0 Å². The summed E-state index contributed by atoms with van der Waals surface area (Å²) in [5.41, 5.74) is 0.872. The Labute approximate surface area is 184 Å². The van der Waals surface area contributed by atoms with Gasteiger partial charge in [0, 0.05) is 25.3 Å². The molecule has 0 bridgehead atoms. The average molecular weight is 444 g/mol. The lowest BCUT2D eigenvalue weighted by Gasteiger charge is -2.28. The number of nitrogens with zero attached hydrogens (tertiary/aromatic N) is 4. The molecule has 10 heteroatoms. The summed E-state index contributed by atoms with van der Waals surface area (Å²) in [6.45, 7) is 1.40. The van der Waals surface area contributed by atoms with Gasteiger partial charge in [-0.25, -0.2) is 18.7 Å². The van der Waals surface area contributed by atoms with E-state index in [1.165, 1.54) is 18.2 Å². The van der Waals surface area contributed by atoms with Gasteiger partial charge >= 0.3 is 0 Å². The quantitative estimate of drug-likeness (QED) is 0.549. The molecule has 1 aliphatic heterocycles. The molecule has 3 N–H and O–H groups in total. The van der Waals surface area contributed by atoms with E-state index < -0.39 is 11.6 Å². The third kappa shape index (κ3) is 4.24. The molecule has 3 aromatic rings. The summed E-state index contributed by atoms with van der Waals surface area (Å²) in [7, 11) is 0. The first-order chi connectivity index (χ1) is 15.6. The van der Waals surface area contributed by atoms with Gasteiger partial charge in [-0.05, 0) is 50.7 Å². The van der Waals surface area contributed by atoms with E-state index in [1.807, 2.05) is 4.57 Å². The topological polar surface area (TPSA) is 97.1 Å². The van der Waals surface area contributed by atoms with E-state index in [2.05, 4.69) is 20.6 Å². The second kappa shape index (κ2) is 8.95. The average Bonchev–Trinajstić information content (AvgIpc) is 3.15.